The van der Waals surface area contributed by atoms with Crippen LogP contribution in [-0.2, 0) is 0 Å². The van der Waals surface area contributed by atoms with E-state index in [9.17, 15) is 9.59 Å². The van der Waals surface area contributed by atoms with Crippen molar-refractivity contribution in [3.8, 4) is 0 Å². The topological polar surface area (TPSA) is 77.6 Å². The Kier molecular flexibility index (Phi) is 6.39. The second-order valence-electron chi connectivity index (χ2n) is 6.70. The lowest BCUT2D eigenvalue weighted by Gasteiger charge is -2.34. The van der Waals surface area contributed by atoms with Crippen molar-refractivity contribution in [1.82, 2.24) is 15.2 Å². The Morgan fingerprint density at radius 3 is 2.32 bits per heavy atom. The first-order chi connectivity index (χ1) is 13.6. The molecule has 1 aromatic heterocycles. The molecule has 146 valence electrons. The molecule has 0 spiro atoms. The molecule has 1 fully saturated rings. The minimum Gasteiger partial charge on any atom is -0.369 e. The monoisotopic (exact) mass is 379 g/mol. The maximum atomic E-state index is 12.5. The van der Waals surface area contributed by atoms with E-state index in [2.05, 4.69) is 39.0 Å². The summed E-state index contributed by atoms with van der Waals surface area (Å²) < 4.78 is 0. The summed E-state index contributed by atoms with van der Waals surface area (Å²) in [6.45, 7) is 7.97. The second kappa shape index (κ2) is 9.14. The van der Waals surface area contributed by atoms with Gasteiger partial charge in [0.15, 0.2) is 0 Å². The van der Waals surface area contributed by atoms with Gasteiger partial charge in [0.2, 0.25) is 0 Å². The summed E-state index contributed by atoms with van der Waals surface area (Å²) in [6, 6.07) is 12.6. The number of hydrogen-bond acceptors (Lipinski definition) is 5. The molecule has 0 atom stereocenters. The molecule has 0 saturated carbocycles. The molecule has 2 aromatic rings. The van der Waals surface area contributed by atoms with E-state index in [-0.39, 0.29) is 23.2 Å². The molecular weight excluding hydrogens is 354 g/mol. The molecule has 28 heavy (non-hydrogen) atoms. The third-order valence-corrected chi connectivity index (χ3v) is 4.61. The van der Waals surface area contributed by atoms with Crippen LogP contribution in [0.25, 0.3) is 0 Å². The van der Waals surface area contributed by atoms with Gasteiger partial charge in [0.1, 0.15) is 11.4 Å². The van der Waals surface area contributed by atoms with Gasteiger partial charge in [0.05, 0.1) is 0 Å². The molecule has 1 aliphatic rings. The molecule has 1 aliphatic heterocycles. The first-order valence-corrected chi connectivity index (χ1v) is 9.28. The Hall–Kier alpha value is -3.19. The van der Waals surface area contributed by atoms with Crippen molar-refractivity contribution in [3.05, 3.63) is 66.5 Å². The molecule has 2 amide bonds. The summed E-state index contributed by atoms with van der Waals surface area (Å²) in [5.41, 5.74) is 2.21. The highest BCUT2D eigenvalue weighted by Gasteiger charge is 2.15. The van der Waals surface area contributed by atoms with Crippen LogP contribution in [0.4, 0.5) is 11.4 Å². The zero-order valence-electron chi connectivity index (χ0n) is 16.0. The van der Waals surface area contributed by atoms with E-state index in [1.807, 2.05) is 24.3 Å². The molecule has 0 unspecified atom stereocenters. The number of nitrogens with one attached hydrogen (secondary N) is 2. The van der Waals surface area contributed by atoms with Gasteiger partial charge < -0.3 is 20.4 Å². The highest BCUT2D eigenvalue weighted by atomic mass is 16.2. The second-order valence-corrected chi connectivity index (χ2v) is 6.70. The van der Waals surface area contributed by atoms with Gasteiger partial charge in [0.25, 0.3) is 11.8 Å². The molecule has 7 nitrogen and oxygen atoms in total. The lowest BCUT2D eigenvalue weighted by molar-refractivity contribution is 0.0953. The number of hydrogen-bond donors (Lipinski definition) is 2. The van der Waals surface area contributed by atoms with Crippen molar-refractivity contribution in [2.75, 3.05) is 50.0 Å². The number of benzene rings is 1. The van der Waals surface area contributed by atoms with Crippen LogP contribution >= 0.6 is 0 Å². The highest BCUT2D eigenvalue weighted by molar-refractivity contribution is 6.03. The predicted octanol–water partition coefficient (Wildman–Crippen LogP) is 2.00. The van der Waals surface area contributed by atoms with Crippen LogP contribution in [0.5, 0.6) is 0 Å². The molecular formula is C21H25N5O2. The minimum absolute atomic E-state index is 0.189. The molecule has 0 radical (unpaired) electrons. The van der Waals surface area contributed by atoms with Crippen molar-refractivity contribution in [1.29, 1.82) is 0 Å². The maximum Gasteiger partial charge on any atom is 0.274 e. The molecule has 1 aromatic carbocycles. The summed E-state index contributed by atoms with van der Waals surface area (Å²) >= 11 is 0. The van der Waals surface area contributed by atoms with E-state index >= 15 is 0 Å². The first-order valence-electron chi connectivity index (χ1n) is 9.28. The predicted molar refractivity (Wildman–Crippen MR) is 111 cm³/mol. The SMILES string of the molecule is C=CCNC(=O)c1cccc(C(=O)Nc2ccc(N3CCN(C)CC3)cc2)n1. The van der Waals surface area contributed by atoms with Gasteiger partial charge in [0, 0.05) is 44.1 Å². The standard InChI is InChI=1S/C21H25N5O2/c1-3-11-22-20(27)18-5-4-6-19(24-18)21(28)23-16-7-9-17(10-8-16)26-14-12-25(2)13-15-26/h3-10H,1,11-15H2,2H3,(H,22,27)(H,23,28). The molecule has 3 rings (SSSR count). The number of carbonyl (C=O) groups is 2. The van der Waals surface area contributed by atoms with Crippen LogP contribution < -0.4 is 15.5 Å². The van der Waals surface area contributed by atoms with Crippen molar-refractivity contribution in [2.45, 2.75) is 0 Å². The van der Waals surface area contributed by atoms with Gasteiger partial charge in [-0.05, 0) is 43.4 Å². The highest BCUT2D eigenvalue weighted by Crippen LogP contribution is 2.19. The van der Waals surface area contributed by atoms with E-state index < -0.39 is 0 Å². The van der Waals surface area contributed by atoms with E-state index in [0.717, 1.165) is 31.9 Å². The summed E-state index contributed by atoms with van der Waals surface area (Å²) in [7, 11) is 2.13. The number of carbonyl (C=O) groups excluding carboxylic acids is 2. The van der Waals surface area contributed by atoms with E-state index in [0.29, 0.717) is 12.2 Å². The molecule has 7 heteroatoms. The fourth-order valence-electron chi connectivity index (χ4n) is 2.96. The largest absolute Gasteiger partial charge is 0.369 e. The number of pyridine rings is 1. The molecule has 2 heterocycles. The van der Waals surface area contributed by atoms with Gasteiger partial charge >= 0.3 is 0 Å². The van der Waals surface area contributed by atoms with Crippen molar-refractivity contribution < 1.29 is 9.59 Å². The first kappa shape index (κ1) is 19.6. The third-order valence-electron chi connectivity index (χ3n) is 4.61. The number of likely N-dealkylation sites (N-methyl/N-ethyl adjacent to an activating group) is 1. The van der Waals surface area contributed by atoms with E-state index in [1.54, 1.807) is 24.3 Å². The van der Waals surface area contributed by atoms with Crippen LogP contribution in [0.15, 0.2) is 55.1 Å². The summed E-state index contributed by atoms with van der Waals surface area (Å²) in [4.78, 5) is 33.3. The maximum absolute atomic E-state index is 12.5. The van der Waals surface area contributed by atoms with E-state index in [4.69, 9.17) is 0 Å². The quantitative estimate of drug-likeness (QED) is 0.751. The zero-order valence-corrected chi connectivity index (χ0v) is 16.0. The number of nitrogens with zero attached hydrogens (tertiary/aromatic N) is 3. The smallest absolute Gasteiger partial charge is 0.274 e. The van der Waals surface area contributed by atoms with Gasteiger partial charge in [-0.25, -0.2) is 4.98 Å². The Balaban J connectivity index is 1.63. The molecule has 0 bridgehead atoms. The van der Waals surface area contributed by atoms with Crippen LogP contribution in [0, 0.1) is 0 Å². The Labute approximate surface area is 165 Å². The number of aromatic nitrogens is 1. The minimum atomic E-state index is -0.356. The molecule has 2 N–H and O–H groups in total. The summed E-state index contributed by atoms with van der Waals surface area (Å²) in [5.74, 6) is -0.697. The number of piperazine rings is 1. The van der Waals surface area contributed by atoms with Gasteiger partial charge in [-0.3, -0.25) is 9.59 Å². The van der Waals surface area contributed by atoms with Crippen molar-refractivity contribution in [2.24, 2.45) is 0 Å². The fourth-order valence-corrected chi connectivity index (χ4v) is 2.96. The number of anilines is 2. The van der Waals surface area contributed by atoms with Gasteiger partial charge in [-0.1, -0.05) is 12.1 Å². The Morgan fingerprint density at radius 1 is 1.04 bits per heavy atom. The average molecular weight is 379 g/mol. The molecule has 0 aliphatic carbocycles. The summed E-state index contributed by atoms with van der Waals surface area (Å²) in [6.07, 6.45) is 1.58. The van der Waals surface area contributed by atoms with Gasteiger partial charge in [-0.2, -0.15) is 0 Å². The Bertz CT molecular complexity index is 842. The van der Waals surface area contributed by atoms with Crippen LogP contribution in [0.3, 0.4) is 0 Å². The number of rotatable bonds is 6. The zero-order chi connectivity index (χ0) is 19.9. The van der Waals surface area contributed by atoms with Crippen LogP contribution in [-0.4, -0.2) is 61.5 Å². The third kappa shape index (κ3) is 4.95. The Morgan fingerprint density at radius 2 is 1.68 bits per heavy atom. The average Bonchev–Trinajstić information content (AvgIpc) is 2.73. The summed E-state index contributed by atoms with van der Waals surface area (Å²) in [5, 5.41) is 5.47. The normalized spacial score (nSPS) is 14.4. The lowest BCUT2D eigenvalue weighted by Crippen LogP contribution is -2.44. The molecule has 1 saturated heterocycles. The van der Waals surface area contributed by atoms with Crippen LogP contribution in [0.2, 0.25) is 0 Å². The van der Waals surface area contributed by atoms with Crippen molar-refractivity contribution in [3.63, 3.8) is 0 Å². The lowest BCUT2D eigenvalue weighted by atomic mass is 10.2. The van der Waals surface area contributed by atoms with Gasteiger partial charge in [-0.15, -0.1) is 6.58 Å². The van der Waals surface area contributed by atoms with E-state index in [1.165, 1.54) is 0 Å². The number of amides is 2. The fraction of sp³-hybridized carbons (Fsp3) is 0.286. The van der Waals surface area contributed by atoms with Crippen molar-refractivity contribution >= 4 is 23.2 Å². The van der Waals surface area contributed by atoms with Crippen LogP contribution in [0.1, 0.15) is 21.0 Å².